The standard InChI is InChI=1S/C18H24N6O/c1-14-12-15-4-2-3-5-16(15)24(14)17-13-20-22-18(21-17)19-6-7-23-8-10-25-11-9-23/h2-5,13-14H,6-12H2,1H3,(H,19,21,22). The third kappa shape index (κ3) is 3.57. The van der Waals surface area contributed by atoms with Crippen LogP contribution in [0.25, 0.3) is 0 Å². The number of hydrogen-bond donors (Lipinski definition) is 1. The molecule has 0 saturated carbocycles. The van der Waals surface area contributed by atoms with Crippen LogP contribution in [-0.2, 0) is 11.2 Å². The van der Waals surface area contributed by atoms with E-state index in [2.05, 4.69) is 61.5 Å². The fourth-order valence-electron chi connectivity index (χ4n) is 3.55. The van der Waals surface area contributed by atoms with Gasteiger partial charge in [-0.15, -0.1) is 5.10 Å². The molecule has 1 atom stereocenters. The Morgan fingerprint density at radius 2 is 2.08 bits per heavy atom. The third-order valence-electron chi connectivity index (χ3n) is 4.82. The lowest BCUT2D eigenvalue weighted by Gasteiger charge is -2.26. The average molecular weight is 340 g/mol. The zero-order chi connectivity index (χ0) is 17.1. The Labute approximate surface area is 148 Å². The molecule has 7 nitrogen and oxygen atoms in total. The van der Waals surface area contributed by atoms with Crippen LogP contribution < -0.4 is 10.2 Å². The molecule has 2 aliphatic heterocycles. The van der Waals surface area contributed by atoms with Gasteiger partial charge in [-0.1, -0.05) is 18.2 Å². The Kier molecular flexibility index (Phi) is 4.76. The molecule has 0 aliphatic carbocycles. The van der Waals surface area contributed by atoms with E-state index in [0.717, 1.165) is 51.6 Å². The van der Waals surface area contributed by atoms with Gasteiger partial charge in [-0.3, -0.25) is 4.90 Å². The number of anilines is 3. The highest BCUT2D eigenvalue weighted by Gasteiger charge is 2.28. The van der Waals surface area contributed by atoms with Gasteiger partial charge in [-0.2, -0.15) is 10.1 Å². The van der Waals surface area contributed by atoms with Crippen molar-refractivity contribution in [2.75, 3.05) is 49.6 Å². The summed E-state index contributed by atoms with van der Waals surface area (Å²) in [5.74, 6) is 1.43. The van der Waals surface area contributed by atoms with Gasteiger partial charge in [0.2, 0.25) is 5.95 Å². The largest absolute Gasteiger partial charge is 0.379 e. The van der Waals surface area contributed by atoms with E-state index >= 15 is 0 Å². The average Bonchev–Trinajstić information content (AvgIpc) is 2.98. The van der Waals surface area contributed by atoms with Gasteiger partial charge in [0, 0.05) is 37.9 Å². The molecule has 0 radical (unpaired) electrons. The Morgan fingerprint density at radius 1 is 1.24 bits per heavy atom. The Balaban J connectivity index is 1.43. The molecule has 0 spiro atoms. The molecule has 2 aromatic rings. The van der Waals surface area contributed by atoms with Crippen LogP contribution in [0.4, 0.5) is 17.5 Å². The van der Waals surface area contributed by atoms with Gasteiger partial charge in [0.05, 0.1) is 19.4 Å². The molecule has 0 bridgehead atoms. The summed E-state index contributed by atoms with van der Waals surface area (Å²) in [6, 6.07) is 8.86. The first-order valence-corrected chi connectivity index (χ1v) is 8.92. The van der Waals surface area contributed by atoms with Crippen molar-refractivity contribution in [3.63, 3.8) is 0 Å². The molecular weight excluding hydrogens is 316 g/mol. The van der Waals surface area contributed by atoms with Gasteiger partial charge in [-0.05, 0) is 25.0 Å². The highest BCUT2D eigenvalue weighted by Crippen LogP contribution is 2.36. The fraction of sp³-hybridized carbons (Fsp3) is 0.500. The molecule has 7 heteroatoms. The predicted molar refractivity (Wildman–Crippen MR) is 97.3 cm³/mol. The van der Waals surface area contributed by atoms with Crippen molar-refractivity contribution in [3.8, 4) is 0 Å². The minimum Gasteiger partial charge on any atom is -0.379 e. The number of morpholine rings is 1. The summed E-state index contributed by atoms with van der Waals surface area (Å²) >= 11 is 0. The van der Waals surface area contributed by atoms with E-state index in [1.807, 2.05) is 0 Å². The maximum atomic E-state index is 5.37. The number of hydrogen-bond acceptors (Lipinski definition) is 7. The van der Waals surface area contributed by atoms with E-state index in [-0.39, 0.29) is 0 Å². The van der Waals surface area contributed by atoms with Crippen LogP contribution >= 0.6 is 0 Å². The van der Waals surface area contributed by atoms with Crippen molar-refractivity contribution in [1.82, 2.24) is 20.1 Å². The van der Waals surface area contributed by atoms with Crippen LogP contribution in [-0.4, -0.2) is 65.5 Å². The molecule has 132 valence electrons. The molecule has 1 fully saturated rings. The van der Waals surface area contributed by atoms with E-state index in [1.165, 1.54) is 11.3 Å². The maximum Gasteiger partial charge on any atom is 0.244 e. The lowest BCUT2D eigenvalue weighted by atomic mass is 10.1. The molecule has 2 aliphatic rings. The Bertz CT molecular complexity index is 718. The highest BCUT2D eigenvalue weighted by atomic mass is 16.5. The van der Waals surface area contributed by atoms with E-state index in [1.54, 1.807) is 6.20 Å². The minimum absolute atomic E-state index is 0.371. The fourth-order valence-corrected chi connectivity index (χ4v) is 3.55. The van der Waals surface area contributed by atoms with Gasteiger partial charge in [0.25, 0.3) is 0 Å². The van der Waals surface area contributed by atoms with Crippen LogP contribution in [0.5, 0.6) is 0 Å². The molecule has 1 N–H and O–H groups in total. The van der Waals surface area contributed by atoms with E-state index < -0.39 is 0 Å². The Morgan fingerprint density at radius 3 is 2.96 bits per heavy atom. The maximum absolute atomic E-state index is 5.37. The lowest BCUT2D eigenvalue weighted by molar-refractivity contribution is 0.0398. The molecule has 1 unspecified atom stereocenters. The molecule has 1 saturated heterocycles. The SMILES string of the molecule is CC1Cc2ccccc2N1c1cnnc(NCCN2CCOCC2)n1. The second kappa shape index (κ2) is 7.33. The molecule has 1 aromatic heterocycles. The van der Waals surface area contributed by atoms with Crippen LogP contribution in [0.3, 0.4) is 0 Å². The number of fused-ring (bicyclic) bond motifs is 1. The Hall–Kier alpha value is -2.25. The van der Waals surface area contributed by atoms with E-state index in [9.17, 15) is 0 Å². The first-order chi connectivity index (χ1) is 12.3. The van der Waals surface area contributed by atoms with Gasteiger partial charge in [0.15, 0.2) is 5.82 Å². The molecule has 25 heavy (non-hydrogen) atoms. The quantitative estimate of drug-likeness (QED) is 0.888. The summed E-state index contributed by atoms with van der Waals surface area (Å²) in [5.41, 5.74) is 2.57. The number of ether oxygens (including phenoxy) is 1. The van der Waals surface area contributed by atoms with Crippen LogP contribution in [0.15, 0.2) is 30.5 Å². The summed E-state index contributed by atoms with van der Waals surface area (Å²) in [6.07, 6.45) is 2.77. The topological polar surface area (TPSA) is 66.4 Å². The van der Waals surface area contributed by atoms with Crippen molar-refractivity contribution in [1.29, 1.82) is 0 Å². The van der Waals surface area contributed by atoms with Crippen molar-refractivity contribution in [3.05, 3.63) is 36.0 Å². The zero-order valence-electron chi connectivity index (χ0n) is 14.6. The summed E-state index contributed by atoms with van der Waals surface area (Å²) in [6.45, 7) is 7.59. The predicted octanol–water partition coefficient (Wildman–Crippen LogP) is 1.70. The van der Waals surface area contributed by atoms with Crippen LogP contribution in [0, 0.1) is 0 Å². The lowest BCUT2D eigenvalue weighted by Crippen LogP contribution is -2.39. The number of aromatic nitrogens is 3. The number of rotatable bonds is 5. The summed E-state index contributed by atoms with van der Waals surface area (Å²) in [7, 11) is 0. The molecule has 0 amide bonds. The third-order valence-corrected chi connectivity index (χ3v) is 4.82. The monoisotopic (exact) mass is 340 g/mol. The van der Waals surface area contributed by atoms with E-state index in [4.69, 9.17) is 4.74 Å². The van der Waals surface area contributed by atoms with Gasteiger partial charge in [0.1, 0.15) is 0 Å². The molecular formula is C18H24N6O. The van der Waals surface area contributed by atoms with Crippen molar-refractivity contribution in [2.24, 2.45) is 0 Å². The highest BCUT2D eigenvalue weighted by molar-refractivity contribution is 5.68. The van der Waals surface area contributed by atoms with Crippen molar-refractivity contribution < 1.29 is 4.74 Å². The van der Waals surface area contributed by atoms with Gasteiger partial charge >= 0.3 is 0 Å². The summed E-state index contributed by atoms with van der Waals surface area (Å²) in [4.78, 5) is 9.31. The number of nitrogens with zero attached hydrogens (tertiary/aromatic N) is 5. The second-order valence-electron chi connectivity index (χ2n) is 6.57. The van der Waals surface area contributed by atoms with Gasteiger partial charge in [-0.25, -0.2) is 0 Å². The molecule has 1 aromatic carbocycles. The first kappa shape index (κ1) is 16.2. The second-order valence-corrected chi connectivity index (χ2v) is 6.57. The van der Waals surface area contributed by atoms with Crippen LogP contribution in [0.1, 0.15) is 12.5 Å². The van der Waals surface area contributed by atoms with E-state index in [0.29, 0.717) is 12.0 Å². The minimum atomic E-state index is 0.371. The summed E-state index contributed by atoms with van der Waals surface area (Å²) in [5, 5.41) is 11.6. The van der Waals surface area contributed by atoms with Gasteiger partial charge < -0.3 is 15.0 Å². The first-order valence-electron chi connectivity index (χ1n) is 8.92. The van der Waals surface area contributed by atoms with Crippen molar-refractivity contribution in [2.45, 2.75) is 19.4 Å². The molecule has 4 rings (SSSR count). The number of benzene rings is 1. The summed E-state index contributed by atoms with van der Waals surface area (Å²) < 4.78 is 5.37. The number of nitrogens with one attached hydrogen (secondary N) is 1. The zero-order valence-corrected chi connectivity index (χ0v) is 14.6. The van der Waals surface area contributed by atoms with Crippen molar-refractivity contribution >= 4 is 17.5 Å². The molecule has 3 heterocycles. The normalized spacial score (nSPS) is 20.5. The van der Waals surface area contributed by atoms with Crippen LogP contribution in [0.2, 0.25) is 0 Å². The number of para-hydroxylation sites is 1. The smallest absolute Gasteiger partial charge is 0.244 e.